The quantitative estimate of drug-likeness (QED) is 0.810. The fourth-order valence-electron chi connectivity index (χ4n) is 2.51. The molecule has 2 rings (SSSR count). The number of nitrogens with one attached hydrogen (secondary N) is 1. The van der Waals surface area contributed by atoms with Gasteiger partial charge in [-0.2, -0.15) is 0 Å². The van der Waals surface area contributed by atoms with Crippen LogP contribution >= 0.6 is 12.2 Å². The van der Waals surface area contributed by atoms with Crippen molar-refractivity contribution >= 4 is 23.1 Å². The van der Waals surface area contributed by atoms with E-state index >= 15 is 0 Å². The van der Waals surface area contributed by atoms with Crippen LogP contribution in [-0.4, -0.2) is 20.9 Å². The van der Waals surface area contributed by atoms with Crippen LogP contribution < -0.4 is 11.1 Å². The molecule has 1 amide bonds. The number of rotatable bonds is 4. The molecule has 0 radical (unpaired) electrons. The first-order valence-corrected chi connectivity index (χ1v) is 6.82. The van der Waals surface area contributed by atoms with Gasteiger partial charge in [-0.25, -0.2) is 9.97 Å². The van der Waals surface area contributed by atoms with Gasteiger partial charge in [0.05, 0.1) is 22.6 Å². The molecule has 6 heteroatoms. The molecule has 1 fully saturated rings. The maximum absolute atomic E-state index is 12.3. The number of thiocarbonyl (C=S) groups is 1. The largest absolute Gasteiger partial charge is 0.392 e. The van der Waals surface area contributed by atoms with Gasteiger partial charge in [0.15, 0.2) is 0 Å². The minimum atomic E-state index is -0.655. The zero-order valence-corrected chi connectivity index (χ0v) is 11.8. The summed E-state index contributed by atoms with van der Waals surface area (Å²) in [6, 6.07) is 1.79. The Balaban J connectivity index is 2.02. The first-order chi connectivity index (χ1) is 9.04. The predicted octanol–water partition coefficient (Wildman–Crippen LogP) is 1.25. The normalized spacial score (nSPS) is 17.1. The van der Waals surface area contributed by atoms with Crippen LogP contribution in [0.25, 0.3) is 0 Å². The van der Waals surface area contributed by atoms with Crippen molar-refractivity contribution in [2.45, 2.75) is 39.2 Å². The number of amides is 1. The van der Waals surface area contributed by atoms with Crippen molar-refractivity contribution in [3.05, 3.63) is 23.8 Å². The Hall–Kier alpha value is -1.56. The van der Waals surface area contributed by atoms with E-state index in [1.165, 1.54) is 0 Å². The van der Waals surface area contributed by atoms with Crippen molar-refractivity contribution in [2.75, 3.05) is 0 Å². The van der Waals surface area contributed by atoms with Gasteiger partial charge in [0.25, 0.3) is 0 Å². The molecule has 1 saturated carbocycles. The van der Waals surface area contributed by atoms with E-state index in [0.717, 1.165) is 31.4 Å². The standard InChI is InChI=1S/C13H18N4OS/c1-9-15-7-4-10(17-9)8-16-12(18)13(11(14)19)5-2-3-6-13/h4,7H,2-3,5-6,8H2,1H3,(H2,14,19)(H,16,18). The predicted molar refractivity (Wildman–Crippen MR) is 76.3 cm³/mol. The lowest BCUT2D eigenvalue weighted by Crippen LogP contribution is -2.47. The second kappa shape index (κ2) is 5.61. The lowest BCUT2D eigenvalue weighted by Gasteiger charge is -2.26. The van der Waals surface area contributed by atoms with E-state index < -0.39 is 5.41 Å². The maximum atomic E-state index is 12.3. The summed E-state index contributed by atoms with van der Waals surface area (Å²) in [5, 5.41) is 2.89. The first kappa shape index (κ1) is 13.9. The minimum Gasteiger partial charge on any atom is -0.392 e. The van der Waals surface area contributed by atoms with Gasteiger partial charge < -0.3 is 11.1 Å². The molecule has 0 aliphatic heterocycles. The topological polar surface area (TPSA) is 80.9 Å². The van der Waals surface area contributed by atoms with E-state index in [1.807, 2.05) is 6.92 Å². The molecule has 0 spiro atoms. The van der Waals surface area contributed by atoms with Crippen molar-refractivity contribution in [2.24, 2.45) is 11.1 Å². The number of hydrogen-bond donors (Lipinski definition) is 2. The van der Waals surface area contributed by atoms with E-state index in [4.69, 9.17) is 18.0 Å². The summed E-state index contributed by atoms with van der Waals surface area (Å²) in [6.45, 7) is 2.20. The van der Waals surface area contributed by atoms with Gasteiger partial charge in [-0.3, -0.25) is 4.79 Å². The monoisotopic (exact) mass is 278 g/mol. The van der Waals surface area contributed by atoms with Crippen molar-refractivity contribution in [1.82, 2.24) is 15.3 Å². The molecule has 0 bridgehead atoms. The fraction of sp³-hybridized carbons (Fsp3) is 0.538. The van der Waals surface area contributed by atoms with E-state index in [1.54, 1.807) is 12.3 Å². The zero-order chi connectivity index (χ0) is 13.9. The van der Waals surface area contributed by atoms with Gasteiger partial charge in [0.1, 0.15) is 5.82 Å². The third-order valence-electron chi connectivity index (χ3n) is 3.63. The Morgan fingerprint density at radius 2 is 2.21 bits per heavy atom. The van der Waals surface area contributed by atoms with Crippen LogP contribution in [0.4, 0.5) is 0 Å². The van der Waals surface area contributed by atoms with Crippen molar-refractivity contribution in [3.8, 4) is 0 Å². The Labute approximate surface area is 118 Å². The Kier molecular flexibility index (Phi) is 4.09. The van der Waals surface area contributed by atoms with Crippen LogP contribution in [0, 0.1) is 12.3 Å². The molecule has 1 heterocycles. The average Bonchev–Trinajstić information content (AvgIpc) is 2.86. The van der Waals surface area contributed by atoms with Crippen molar-refractivity contribution < 1.29 is 4.79 Å². The number of aryl methyl sites for hydroxylation is 1. The average molecular weight is 278 g/mol. The molecule has 0 unspecified atom stereocenters. The van der Waals surface area contributed by atoms with Crippen LogP contribution in [-0.2, 0) is 11.3 Å². The molecular weight excluding hydrogens is 260 g/mol. The molecule has 19 heavy (non-hydrogen) atoms. The molecular formula is C13H18N4OS. The highest BCUT2D eigenvalue weighted by Crippen LogP contribution is 2.38. The number of carbonyl (C=O) groups excluding carboxylic acids is 1. The third-order valence-corrected chi connectivity index (χ3v) is 4.02. The van der Waals surface area contributed by atoms with Gasteiger partial charge in [-0.15, -0.1) is 0 Å². The smallest absolute Gasteiger partial charge is 0.233 e. The summed E-state index contributed by atoms with van der Waals surface area (Å²) in [5.41, 5.74) is 5.91. The fourth-order valence-corrected chi connectivity index (χ4v) is 2.80. The summed E-state index contributed by atoms with van der Waals surface area (Å²) in [4.78, 5) is 20.9. The van der Waals surface area contributed by atoms with E-state index in [9.17, 15) is 4.79 Å². The van der Waals surface area contributed by atoms with Crippen LogP contribution in [0.2, 0.25) is 0 Å². The summed E-state index contributed by atoms with van der Waals surface area (Å²) >= 11 is 5.09. The van der Waals surface area contributed by atoms with Gasteiger partial charge >= 0.3 is 0 Å². The van der Waals surface area contributed by atoms with Crippen molar-refractivity contribution in [1.29, 1.82) is 0 Å². The lowest BCUT2D eigenvalue weighted by atomic mass is 9.85. The highest BCUT2D eigenvalue weighted by Gasteiger charge is 2.43. The number of nitrogens with two attached hydrogens (primary N) is 1. The molecule has 0 saturated heterocycles. The molecule has 1 aromatic rings. The Morgan fingerprint density at radius 1 is 1.53 bits per heavy atom. The van der Waals surface area contributed by atoms with Crippen LogP contribution in [0.5, 0.6) is 0 Å². The number of hydrogen-bond acceptors (Lipinski definition) is 4. The maximum Gasteiger partial charge on any atom is 0.233 e. The highest BCUT2D eigenvalue weighted by molar-refractivity contribution is 7.80. The van der Waals surface area contributed by atoms with Gasteiger partial charge in [-0.1, -0.05) is 25.1 Å². The lowest BCUT2D eigenvalue weighted by molar-refractivity contribution is -0.127. The summed E-state index contributed by atoms with van der Waals surface area (Å²) in [6.07, 6.45) is 5.17. The second-order valence-electron chi connectivity index (χ2n) is 4.93. The summed E-state index contributed by atoms with van der Waals surface area (Å²) in [5.74, 6) is 0.616. The van der Waals surface area contributed by atoms with Crippen molar-refractivity contribution in [3.63, 3.8) is 0 Å². The zero-order valence-electron chi connectivity index (χ0n) is 11.0. The highest BCUT2D eigenvalue weighted by atomic mass is 32.1. The van der Waals surface area contributed by atoms with E-state index in [-0.39, 0.29) is 5.91 Å². The molecule has 1 aromatic heterocycles. The molecule has 1 aliphatic rings. The van der Waals surface area contributed by atoms with Gasteiger partial charge in [0.2, 0.25) is 5.91 Å². The van der Waals surface area contributed by atoms with E-state index in [2.05, 4.69) is 15.3 Å². The third kappa shape index (κ3) is 2.89. The Bertz CT molecular complexity index is 497. The Morgan fingerprint density at radius 3 is 2.79 bits per heavy atom. The number of nitrogens with zero attached hydrogens (tertiary/aromatic N) is 2. The van der Waals surface area contributed by atoms with E-state index in [0.29, 0.717) is 17.4 Å². The molecule has 3 N–H and O–H groups in total. The molecule has 0 aromatic carbocycles. The van der Waals surface area contributed by atoms with Gasteiger partial charge in [-0.05, 0) is 25.8 Å². The molecule has 0 atom stereocenters. The van der Waals surface area contributed by atoms with Crippen LogP contribution in [0.3, 0.4) is 0 Å². The van der Waals surface area contributed by atoms with Crippen LogP contribution in [0.1, 0.15) is 37.2 Å². The molecule has 1 aliphatic carbocycles. The summed E-state index contributed by atoms with van der Waals surface area (Å²) < 4.78 is 0. The SMILES string of the molecule is Cc1nccc(CNC(=O)C2(C(N)=S)CCCC2)n1. The number of carbonyl (C=O) groups is 1. The second-order valence-corrected chi connectivity index (χ2v) is 5.37. The molecule has 102 valence electrons. The van der Waals surface area contributed by atoms with Gasteiger partial charge in [0, 0.05) is 6.20 Å². The van der Waals surface area contributed by atoms with Crippen LogP contribution in [0.15, 0.2) is 12.3 Å². The molecule has 5 nitrogen and oxygen atoms in total. The summed E-state index contributed by atoms with van der Waals surface area (Å²) in [7, 11) is 0. The minimum absolute atomic E-state index is 0.0752. The first-order valence-electron chi connectivity index (χ1n) is 6.41. The number of aromatic nitrogens is 2.